The van der Waals surface area contributed by atoms with Crippen LogP contribution in [0.5, 0.6) is 0 Å². The van der Waals surface area contributed by atoms with Crippen molar-refractivity contribution in [1.82, 2.24) is 4.90 Å². The van der Waals surface area contributed by atoms with E-state index in [9.17, 15) is 18.0 Å². The second-order valence-electron chi connectivity index (χ2n) is 6.22. The summed E-state index contributed by atoms with van der Waals surface area (Å²) in [6, 6.07) is 5.80. The molecular weight excluding hydrogens is 305 g/mol. The van der Waals surface area contributed by atoms with E-state index in [1.807, 2.05) is 0 Å². The van der Waals surface area contributed by atoms with Crippen LogP contribution < -0.4 is 5.73 Å². The summed E-state index contributed by atoms with van der Waals surface area (Å²) in [5, 5.41) is 0. The van der Waals surface area contributed by atoms with Crippen molar-refractivity contribution in [1.29, 1.82) is 0 Å². The predicted octanol–water partition coefficient (Wildman–Crippen LogP) is 3.23. The number of alkyl halides is 3. The highest BCUT2D eigenvalue weighted by molar-refractivity contribution is 5.73. The van der Waals surface area contributed by atoms with Crippen molar-refractivity contribution >= 4 is 5.91 Å². The lowest BCUT2D eigenvalue weighted by molar-refractivity contribution is -0.138. The molecule has 0 bridgehead atoms. The third kappa shape index (κ3) is 5.53. The van der Waals surface area contributed by atoms with Crippen molar-refractivity contribution in [2.75, 3.05) is 19.6 Å². The van der Waals surface area contributed by atoms with Crippen LogP contribution in [0.25, 0.3) is 0 Å². The van der Waals surface area contributed by atoms with Crippen molar-refractivity contribution in [2.24, 2.45) is 11.7 Å². The van der Waals surface area contributed by atoms with Crippen molar-refractivity contribution < 1.29 is 18.0 Å². The standard InChI is InChI=1S/C17H23F3N2O/c18-17(19,20)15-6-2-1-5-14(15)8-7-13-4-3-10-22(12-13)11-9-16(21)23/h1-2,5-6,13H,3-4,7-12H2,(H2,21,23)/t13-/m1/s1. The fraction of sp³-hybridized carbons (Fsp3) is 0.588. The van der Waals surface area contributed by atoms with Gasteiger partial charge in [0, 0.05) is 19.5 Å². The lowest BCUT2D eigenvalue weighted by Crippen LogP contribution is -2.37. The zero-order valence-corrected chi connectivity index (χ0v) is 13.1. The molecule has 0 aromatic heterocycles. The molecule has 0 unspecified atom stereocenters. The van der Waals surface area contributed by atoms with Gasteiger partial charge >= 0.3 is 6.18 Å². The van der Waals surface area contributed by atoms with Crippen LogP contribution in [0.15, 0.2) is 24.3 Å². The number of nitrogens with two attached hydrogens (primary N) is 1. The Bertz CT molecular complexity index is 531. The maximum atomic E-state index is 13.0. The smallest absolute Gasteiger partial charge is 0.370 e. The SMILES string of the molecule is NC(=O)CCN1CCC[C@H](CCc2ccccc2C(F)(F)F)C1. The number of hydrogen-bond donors (Lipinski definition) is 1. The summed E-state index contributed by atoms with van der Waals surface area (Å²) < 4.78 is 39.0. The molecule has 1 fully saturated rings. The number of carbonyl (C=O) groups is 1. The van der Waals surface area contributed by atoms with E-state index in [1.165, 1.54) is 6.07 Å². The van der Waals surface area contributed by atoms with E-state index in [2.05, 4.69) is 4.90 Å². The van der Waals surface area contributed by atoms with Crippen LogP contribution in [-0.2, 0) is 17.4 Å². The minimum atomic E-state index is -4.29. The summed E-state index contributed by atoms with van der Waals surface area (Å²) in [6.45, 7) is 2.41. The van der Waals surface area contributed by atoms with Gasteiger partial charge in [-0.1, -0.05) is 18.2 Å². The lowest BCUT2D eigenvalue weighted by atomic mass is 9.90. The zero-order valence-electron chi connectivity index (χ0n) is 13.1. The molecule has 3 nitrogen and oxygen atoms in total. The number of halogens is 3. The van der Waals surface area contributed by atoms with Gasteiger partial charge in [-0.25, -0.2) is 0 Å². The van der Waals surface area contributed by atoms with E-state index in [-0.39, 0.29) is 5.91 Å². The van der Waals surface area contributed by atoms with Gasteiger partial charge in [0.1, 0.15) is 0 Å². The summed E-state index contributed by atoms with van der Waals surface area (Å²) in [4.78, 5) is 13.0. The number of benzene rings is 1. The summed E-state index contributed by atoms with van der Waals surface area (Å²) in [6.07, 6.45) is -0.740. The number of likely N-dealkylation sites (tertiary alicyclic amines) is 1. The van der Waals surface area contributed by atoms with Crippen LogP contribution in [0.1, 0.15) is 36.8 Å². The Balaban J connectivity index is 1.90. The third-order valence-corrected chi connectivity index (χ3v) is 4.42. The Hall–Kier alpha value is -1.56. The molecule has 23 heavy (non-hydrogen) atoms. The number of nitrogens with zero attached hydrogens (tertiary/aromatic N) is 1. The van der Waals surface area contributed by atoms with E-state index in [1.54, 1.807) is 12.1 Å². The molecule has 0 spiro atoms. The molecule has 1 saturated heterocycles. The van der Waals surface area contributed by atoms with Gasteiger partial charge < -0.3 is 10.6 Å². The van der Waals surface area contributed by atoms with Crippen LogP contribution in [-0.4, -0.2) is 30.4 Å². The number of aryl methyl sites for hydroxylation is 1. The van der Waals surface area contributed by atoms with E-state index in [4.69, 9.17) is 5.73 Å². The van der Waals surface area contributed by atoms with Gasteiger partial charge in [0.25, 0.3) is 0 Å². The van der Waals surface area contributed by atoms with Gasteiger partial charge in [0.05, 0.1) is 5.56 Å². The second-order valence-corrected chi connectivity index (χ2v) is 6.22. The first-order valence-corrected chi connectivity index (χ1v) is 8.02. The molecule has 2 rings (SSSR count). The largest absolute Gasteiger partial charge is 0.416 e. The number of carbonyl (C=O) groups excluding carboxylic acids is 1. The molecule has 0 saturated carbocycles. The lowest BCUT2D eigenvalue weighted by Gasteiger charge is -2.32. The molecule has 2 N–H and O–H groups in total. The highest BCUT2D eigenvalue weighted by atomic mass is 19.4. The highest BCUT2D eigenvalue weighted by Crippen LogP contribution is 2.33. The molecule has 1 aromatic rings. The second kappa shape index (κ2) is 7.81. The fourth-order valence-electron chi connectivity index (χ4n) is 3.23. The van der Waals surface area contributed by atoms with E-state index < -0.39 is 11.7 Å². The number of amides is 1. The third-order valence-electron chi connectivity index (χ3n) is 4.42. The molecule has 1 aliphatic heterocycles. The van der Waals surface area contributed by atoms with Crippen LogP contribution in [0, 0.1) is 5.92 Å². The quantitative estimate of drug-likeness (QED) is 0.871. The Labute approximate surface area is 134 Å². The molecule has 1 amide bonds. The van der Waals surface area contributed by atoms with Gasteiger partial charge in [-0.15, -0.1) is 0 Å². The highest BCUT2D eigenvalue weighted by Gasteiger charge is 2.33. The fourth-order valence-corrected chi connectivity index (χ4v) is 3.23. The monoisotopic (exact) mass is 328 g/mol. The van der Waals surface area contributed by atoms with Crippen LogP contribution >= 0.6 is 0 Å². The average molecular weight is 328 g/mol. The first kappa shape index (κ1) is 17.8. The zero-order chi connectivity index (χ0) is 16.9. The summed E-state index contributed by atoms with van der Waals surface area (Å²) >= 11 is 0. The maximum absolute atomic E-state index is 13.0. The Morgan fingerprint density at radius 2 is 2.04 bits per heavy atom. The van der Waals surface area contributed by atoms with E-state index in [0.717, 1.165) is 38.4 Å². The van der Waals surface area contributed by atoms with Crippen LogP contribution in [0.4, 0.5) is 13.2 Å². The first-order chi connectivity index (χ1) is 10.9. The first-order valence-electron chi connectivity index (χ1n) is 8.02. The van der Waals surface area contributed by atoms with Crippen molar-refractivity contribution in [3.05, 3.63) is 35.4 Å². The molecular formula is C17H23F3N2O. The van der Waals surface area contributed by atoms with Crippen LogP contribution in [0.3, 0.4) is 0 Å². The van der Waals surface area contributed by atoms with Crippen LogP contribution in [0.2, 0.25) is 0 Å². The van der Waals surface area contributed by atoms with Gasteiger partial charge in [-0.2, -0.15) is 13.2 Å². The molecule has 128 valence electrons. The normalized spacial score (nSPS) is 19.7. The molecule has 1 atom stereocenters. The van der Waals surface area contributed by atoms with Gasteiger partial charge in [0.2, 0.25) is 5.91 Å². The molecule has 6 heteroatoms. The van der Waals surface area contributed by atoms with Gasteiger partial charge in [0.15, 0.2) is 0 Å². The molecule has 0 radical (unpaired) electrons. The Kier molecular flexibility index (Phi) is 6.04. The number of piperidine rings is 1. The summed E-state index contributed by atoms with van der Waals surface area (Å²) in [7, 11) is 0. The van der Waals surface area contributed by atoms with Gasteiger partial charge in [-0.05, 0) is 49.8 Å². The van der Waals surface area contributed by atoms with Gasteiger partial charge in [-0.3, -0.25) is 4.79 Å². The minimum absolute atomic E-state index is 0.314. The van der Waals surface area contributed by atoms with E-state index in [0.29, 0.717) is 30.9 Å². The average Bonchev–Trinajstić information content (AvgIpc) is 2.51. The molecule has 1 aliphatic rings. The summed E-state index contributed by atoms with van der Waals surface area (Å²) in [5.41, 5.74) is 5.01. The molecule has 1 aromatic carbocycles. The Morgan fingerprint density at radius 3 is 2.74 bits per heavy atom. The maximum Gasteiger partial charge on any atom is 0.416 e. The summed E-state index contributed by atoms with van der Waals surface area (Å²) in [5.74, 6) is 0.0594. The molecule has 0 aliphatic carbocycles. The number of hydrogen-bond acceptors (Lipinski definition) is 2. The van der Waals surface area contributed by atoms with Crippen molar-refractivity contribution in [2.45, 2.75) is 38.3 Å². The van der Waals surface area contributed by atoms with E-state index >= 15 is 0 Å². The van der Waals surface area contributed by atoms with Crippen molar-refractivity contribution in [3.63, 3.8) is 0 Å². The number of rotatable bonds is 6. The molecule has 1 heterocycles. The minimum Gasteiger partial charge on any atom is -0.370 e. The van der Waals surface area contributed by atoms with Crippen molar-refractivity contribution in [3.8, 4) is 0 Å². The number of primary amides is 1. The predicted molar refractivity (Wildman–Crippen MR) is 82.7 cm³/mol. The Morgan fingerprint density at radius 1 is 1.30 bits per heavy atom. The topological polar surface area (TPSA) is 46.3 Å².